The highest BCUT2D eigenvalue weighted by Crippen LogP contribution is 2.23. The first-order valence-electron chi connectivity index (χ1n) is 9.97. The average Bonchev–Trinajstić information content (AvgIpc) is 3.21. The zero-order valence-electron chi connectivity index (χ0n) is 17.4. The Morgan fingerprint density at radius 1 is 1.09 bits per heavy atom. The van der Waals surface area contributed by atoms with Crippen LogP contribution >= 0.6 is 23.2 Å². The van der Waals surface area contributed by atoms with Gasteiger partial charge in [0.25, 0.3) is 0 Å². The number of carbonyl (C=O) groups is 3. The monoisotopic (exact) mass is 475 g/mol. The molecule has 0 fully saturated rings. The number of hydrogen-bond donors (Lipinski definition) is 1. The molecule has 0 radical (unpaired) electrons. The molecule has 2 aromatic rings. The summed E-state index contributed by atoms with van der Waals surface area (Å²) in [5.74, 6) is 0.214. The number of anilines is 1. The summed E-state index contributed by atoms with van der Waals surface area (Å²) in [6.07, 6.45) is 4.94. The summed E-state index contributed by atoms with van der Waals surface area (Å²) >= 11 is 11.7. The topological polar surface area (TPSA) is 80.6 Å². The third-order valence-electron chi connectivity index (χ3n) is 4.85. The molecule has 32 heavy (non-hydrogen) atoms. The standard InChI is InChI=1S/C23H23Cl2N3O4/c1-2-11-32-23(31)26-20-12-21(29)18-14-27(15-19(18)22(20)30)13-16-3-5-17(6-4-16)28(9-7-24)10-8-25/h2-6,12,14-15H,1,7-11,13H2,(H,26,31). The molecule has 1 aromatic carbocycles. The molecule has 1 aliphatic rings. The lowest BCUT2D eigenvalue weighted by Crippen LogP contribution is -2.31. The largest absolute Gasteiger partial charge is 0.445 e. The van der Waals surface area contributed by atoms with Crippen molar-refractivity contribution in [3.05, 3.63) is 77.8 Å². The predicted octanol–water partition coefficient (Wildman–Crippen LogP) is 4.00. The van der Waals surface area contributed by atoms with E-state index in [0.717, 1.165) is 17.3 Å². The molecular weight excluding hydrogens is 453 g/mol. The van der Waals surface area contributed by atoms with Crippen molar-refractivity contribution in [1.82, 2.24) is 9.88 Å². The van der Waals surface area contributed by atoms with Crippen molar-refractivity contribution in [3.63, 3.8) is 0 Å². The number of halogens is 2. The van der Waals surface area contributed by atoms with Gasteiger partial charge in [-0.2, -0.15) is 0 Å². The van der Waals surface area contributed by atoms with Crippen LogP contribution < -0.4 is 10.2 Å². The van der Waals surface area contributed by atoms with Crippen molar-refractivity contribution in [2.45, 2.75) is 6.54 Å². The third-order valence-corrected chi connectivity index (χ3v) is 5.19. The van der Waals surface area contributed by atoms with E-state index >= 15 is 0 Å². The van der Waals surface area contributed by atoms with Crippen molar-refractivity contribution in [2.24, 2.45) is 0 Å². The quantitative estimate of drug-likeness (QED) is 0.414. The Morgan fingerprint density at radius 2 is 1.75 bits per heavy atom. The molecule has 1 heterocycles. The number of ether oxygens (including phenoxy) is 1. The van der Waals surface area contributed by atoms with E-state index in [9.17, 15) is 14.4 Å². The molecule has 0 saturated heterocycles. The first-order chi connectivity index (χ1) is 15.5. The van der Waals surface area contributed by atoms with Gasteiger partial charge in [0.15, 0.2) is 5.78 Å². The van der Waals surface area contributed by atoms with Gasteiger partial charge in [0, 0.05) is 55.6 Å². The van der Waals surface area contributed by atoms with Gasteiger partial charge >= 0.3 is 6.09 Å². The van der Waals surface area contributed by atoms with E-state index in [1.54, 1.807) is 17.0 Å². The molecule has 0 bridgehead atoms. The summed E-state index contributed by atoms with van der Waals surface area (Å²) in [5.41, 5.74) is 2.44. The van der Waals surface area contributed by atoms with E-state index in [1.807, 2.05) is 24.3 Å². The molecule has 168 valence electrons. The lowest BCUT2D eigenvalue weighted by molar-refractivity contribution is 0.0975. The Balaban J connectivity index is 1.72. The zero-order valence-corrected chi connectivity index (χ0v) is 18.9. The van der Waals surface area contributed by atoms with Gasteiger partial charge in [-0.05, 0) is 17.7 Å². The SMILES string of the molecule is C=CCOC(=O)NC1=CC(=O)c2cn(Cc3ccc(N(CCCl)CCCl)cc3)cc2C1=O. The minimum absolute atomic E-state index is 0.00280. The van der Waals surface area contributed by atoms with Crippen molar-refractivity contribution in [1.29, 1.82) is 0 Å². The first kappa shape index (κ1) is 23.6. The van der Waals surface area contributed by atoms with Gasteiger partial charge in [-0.1, -0.05) is 24.8 Å². The van der Waals surface area contributed by atoms with E-state index in [4.69, 9.17) is 27.9 Å². The van der Waals surface area contributed by atoms with Crippen molar-refractivity contribution >= 4 is 46.5 Å². The molecule has 0 spiro atoms. The van der Waals surface area contributed by atoms with Crippen LogP contribution in [0.3, 0.4) is 0 Å². The highest BCUT2D eigenvalue weighted by atomic mass is 35.5. The molecule has 9 heteroatoms. The van der Waals surface area contributed by atoms with Crippen LogP contribution in [-0.2, 0) is 11.3 Å². The van der Waals surface area contributed by atoms with Gasteiger partial charge in [0.2, 0.25) is 5.78 Å². The summed E-state index contributed by atoms with van der Waals surface area (Å²) in [7, 11) is 0. The number of nitrogens with zero attached hydrogens (tertiary/aromatic N) is 2. The number of fused-ring (bicyclic) bond motifs is 1. The van der Waals surface area contributed by atoms with Crippen LogP contribution in [0.25, 0.3) is 0 Å². The number of allylic oxidation sites excluding steroid dienone is 2. The van der Waals surface area contributed by atoms with Gasteiger partial charge in [-0.3, -0.25) is 14.9 Å². The highest BCUT2D eigenvalue weighted by Gasteiger charge is 2.28. The van der Waals surface area contributed by atoms with Gasteiger partial charge in [0.1, 0.15) is 6.61 Å². The molecule has 1 aliphatic carbocycles. The van der Waals surface area contributed by atoms with Crippen LogP contribution in [0.15, 0.2) is 61.1 Å². The highest BCUT2D eigenvalue weighted by molar-refractivity contribution is 6.25. The Hall–Kier alpha value is -3.03. The number of benzene rings is 1. The first-order valence-corrected chi connectivity index (χ1v) is 11.0. The molecule has 1 aromatic heterocycles. The molecule has 0 atom stereocenters. The number of alkyl carbamates (subject to hydrolysis) is 1. The summed E-state index contributed by atoms with van der Waals surface area (Å²) in [5, 5.41) is 2.32. The number of nitrogens with one attached hydrogen (secondary N) is 1. The maximum atomic E-state index is 12.7. The molecule has 0 aliphatic heterocycles. The van der Waals surface area contributed by atoms with Gasteiger partial charge in [-0.15, -0.1) is 23.2 Å². The normalized spacial score (nSPS) is 12.8. The Labute approximate surface area is 196 Å². The van der Waals surface area contributed by atoms with E-state index in [0.29, 0.717) is 37.0 Å². The van der Waals surface area contributed by atoms with Crippen LogP contribution in [0, 0.1) is 0 Å². The van der Waals surface area contributed by atoms with E-state index in [-0.39, 0.29) is 23.7 Å². The number of hydrogen-bond acceptors (Lipinski definition) is 5. The van der Waals surface area contributed by atoms with E-state index < -0.39 is 11.9 Å². The molecule has 1 N–H and O–H groups in total. The van der Waals surface area contributed by atoms with E-state index in [2.05, 4.69) is 16.8 Å². The van der Waals surface area contributed by atoms with Gasteiger partial charge < -0.3 is 14.2 Å². The van der Waals surface area contributed by atoms with Crippen LogP contribution in [-0.4, -0.2) is 53.7 Å². The molecule has 1 amide bonds. The fourth-order valence-corrected chi connectivity index (χ4v) is 3.77. The smallest absolute Gasteiger partial charge is 0.412 e. The second-order valence-electron chi connectivity index (χ2n) is 7.05. The molecule has 7 nitrogen and oxygen atoms in total. The minimum atomic E-state index is -0.822. The minimum Gasteiger partial charge on any atom is -0.445 e. The summed E-state index contributed by atoms with van der Waals surface area (Å²) in [6.45, 7) is 5.32. The molecule has 0 unspecified atom stereocenters. The van der Waals surface area contributed by atoms with E-state index in [1.165, 1.54) is 6.08 Å². The number of ketones is 2. The maximum Gasteiger partial charge on any atom is 0.412 e. The van der Waals surface area contributed by atoms with Crippen LogP contribution in [0.4, 0.5) is 10.5 Å². The number of alkyl halides is 2. The molecule has 3 rings (SSSR count). The summed E-state index contributed by atoms with van der Waals surface area (Å²) in [4.78, 5) is 39.0. The van der Waals surface area contributed by atoms with Crippen molar-refractivity contribution in [3.8, 4) is 0 Å². The Bertz CT molecular complexity index is 1040. The summed E-state index contributed by atoms with van der Waals surface area (Å²) < 4.78 is 6.59. The van der Waals surface area contributed by atoms with Crippen LogP contribution in [0.2, 0.25) is 0 Å². The number of rotatable bonds is 10. The number of aromatic nitrogens is 1. The van der Waals surface area contributed by atoms with Gasteiger partial charge in [0.05, 0.1) is 16.8 Å². The number of amides is 1. The number of Topliss-reactive ketones (excluding diaryl/α,β-unsaturated/α-hetero) is 1. The molecular formula is C23H23Cl2N3O4. The lowest BCUT2D eigenvalue weighted by Gasteiger charge is -2.23. The van der Waals surface area contributed by atoms with Gasteiger partial charge in [-0.25, -0.2) is 4.79 Å². The Kier molecular flexibility index (Phi) is 8.14. The summed E-state index contributed by atoms with van der Waals surface area (Å²) in [6, 6.07) is 7.95. The van der Waals surface area contributed by atoms with Crippen LogP contribution in [0.5, 0.6) is 0 Å². The second-order valence-corrected chi connectivity index (χ2v) is 7.81. The zero-order chi connectivity index (χ0) is 23.1. The lowest BCUT2D eigenvalue weighted by atomic mass is 9.97. The molecule has 0 saturated carbocycles. The fraction of sp³-hybridized carbons (Fsp3) is 0.261. The second kappa shape index (κ2) is 11.0. The average molecular weight is 476 g/mol. The van der Waals surface area contributed by atoms with Crippen molar-refractivity contribution in [2.75, 3.05) is 36.4 Å². The third kappa shape index (κ3) is 5.60. The predicted molar refractivity (Wildman–Crippen MR) is 125 cm³/mol. The fourth-order valence-electron chi connectivity index (χ4n) is 3.37. The number of carbonyl (C=O) groups excluding carboxylic acids is 3. The Morgan fingerprint density at radius 3 is 2.38 bits per heavy atom. The van der Waals surface area contributed by atoms with Crippen LogP contribution in [0.1, 0.15) is 26.3 Å². The van der Waals surface area contributed by atoms with Crippen molar-refractivity contribution < 1.29 is 19.1 Å². The maximum absolute atomic E-state index is 12.7.